The van der Waals surface area contributed by atoms with E-state index in [2.05, 4.69) is 10.2 Å². The highest BCUT2D eigenvalue weighted by Crippen LogP contribution is 2.27. The summed E-state index contributed by atoms with van der Waals surface area (Å²) in [5.74, 6) is -0.389. The van der Waals surface area contributed by atoms with E-state index in [1.165, 1.54) is 31.0 Å². The van der Waals surface area contributed by atoms with Crippen LogP contribution in [0.5, 0.6) is 0 Å². The molecule has 1 amide bonds. The van der Waals surface area contributed by atoms with Gasteiger partial charge in [0.15, 0.2) is 0 Å². The molecule has 0 radical (unpaired) electrons. The Balaban J connectivity index is 1.99. The van der Waals surface area contributed by atoms with Gasteiger partial charge in [-0.25, -0.2) is 0 Å². The Bertz CT molecular complexity index is 560. The van der Waals surface area contributed by atoms with Gasteiger partial charge in [0.2, 0.25) is 0 Å². The van der Waals surface area contributed by atoms with Crippen LogP contribution in [-0.2, 0) is 0 Å². The van der Waals surface area contributed by atoms with E-state index in [9.17, 15) is 14.9 Å². The molecule has 0 bridgehead atoms. The number of nitro groups is 1. The van der Waals surface area contributed by atoms with Crippen LogP contribution in [0.3, 0.4) is 0 Å². The Labute approximate surface area is 128 Å². The van der Waals surface area contributed by atoms with Gasteiger partial charge >= 0.3 is 0 Å². The Morgan fingerprint density at radius 3 is 2.81 bits per heavy atom. The zero-order chi connectivity index (χ0) is 15.6. The summed E-state index contributed by atoms with van der Waals surface area (Å²) >= 11 is 5.94. The predicted molar refractivity (Wildman–Crippen MR) is 80.7 cm³/mol. The predicted octanol–water partition coefficient (Wildman–Crippen LogP) is 2.46. The standard InChI is InChI=1S/C14H18ClN3O3/c1-9(17(2)10-3-4-10)8-16-14(19)12-7-11(18(20)21)5-6-13(12)15/h5-7,9-10H,3-4,8H2,1-2H3,(H,16,19). The third-order valence-electron chi connectivity index (χ3n) is 3.78. The lowest BCUT2D eigenvalue weighted by Gasteiger charge is -2.24. The minimum Gasteiger partial charge on any atom is -0.350 e. The zero-order valence-corrected chi connectivity index (χ0v) is 12.8. The van der Waals surface area contributed by atoms with Crippen LogP contribution in [0.15, 0.2) is 18.2 Å². The SMILES string of the molecule is CC(CNC(=O)c1cc([N+](=O)[O-])ccc1Cl)N(C)C1CC1. The first-order valence-corrected chi connectivity index (χ1v) is 7.22. The minimum absolute atomic E-state index is 0.132. The number of nitrogens with zero attached hydrogens (tertiary/aromatic N) is 2. The lowest BCUT2D eigenvalue weighted by Crippen LogP contribution is -2.41. The first kappa shape index (κ1) is 15.7. The summed E-state index contributed by atoms with van der Waals surface area (Å²) in [5.41, 5.74) is -0.0140. The molecule has 7 heteroatoms. The fraction of sp³-hybridized carbons (Fsp3) is 0.500. The van der Waals surface area contributed by atoms with Crippen LogP contribution in [0.1, 0.15) is 30.1 Å². The van der Waals surface area contributed by atoms with Gasteiger partial charge in [0.05, 0.1) is 15.5 Å². The van der Waals surface area contributed by atoms with E-state index in [1.54, 1.807) is 0 Å². The largest absolute Gasteiger partial charge is 0.350 e. The topological polar surface area (TPSA) is 75.5 Å². The number of nitrogens with one attached hydrogen (secondary N) is 1. The van der Waals surface area contributed by atoms with Crippen molar-refractivity contribution in [1.82, 2.24) is 10.2 Å². The number of hydrogen-bond donors (Lipinski definition) is 1. The average molecular weight is 312 g/mol. The molecule has 1 aliphatic rings. The van der Waals surface area contributed by atoms with Gasteiger partial charge in [0.1, 0.15) is 0 Å². The van der Waals surface area contributed by atoms with Gasteiger partial charge in [0, 0.05) is 30.8 Å². The van der Waals surface area contributed by atoms with Crippen LogP contribution in [0.2, 0.25) is 5.02 Å². The number of rotatable bonds is 6. The monoisotopic (exact) mass is 311 g/mol. The lowest BCUT2D eigenvalue weighted by atomic mass is 10.2. The average Bonchev–Trinajstić information content (AvgIpc) is 3.28. The first-order chi connectivity index (χ1) is 9.90. The number of non-ortho nitro benzene ring substituents is 1. The van der Waals surface area contributed by atoms with E-state index in [4.69, 9.17) is 11.6 Å². The number of hydrogen-bond acceptors (Lipinski definition) is 4. The Morgan fingerprint density at radius 1 is 1.57 bits per heavy atom. The molecule has 1 N–H and O–H groups in total. The number of carbonyl (C=O) groups excluding carboxylic acids is 1. The van der Waals surface area contributed by atoms with E-state index < -0.39 is 4.92 Å². The second-order valence-electron chi connectivity index (χ2n) is 5.38. The summed E-state index contributed by atoms with van der Waals surface area (Å²) < 4.78 is 0. The van der Waals surface area contributed by atoms with Crippen molar-refractivity contribution in [2.75, 3.05) is 13.6 Å². The van der Waals surface area contributed by atoms with E-state index >= 15 is 0 Å². The van der Waals surface area contributed by atoms with Crippen LogP contribution in [0, 0.1) is 10.1 Å². The summed E-state index contributed by atoms with van der Waals surface area (Å²) in [7, 11) is 2.04. The maximum absolute atomic E-state index is 12.1. The second kappa shape index (κ2) is 6.41. The molecule has 0 saturated heterocycles. The Hall–Kier alpha value is -1.66. The van der Waals surface area contributed by atoms with Crippen molar-refractivity contribution in [3.63, 3.8) is 0 Å². The molecule has 1 aliphatic carbocycles. The van der Waals surface area contributed by atoms with Crippen molar-refractivity contribution in [3.05, 3.63) is 38.9 Å². The maximum atomic E-state index is 12.1. The first-order valence-electron chi connectivity index (χ1n) is 6.84. The van der Waals surface area contributed by atoms with Crippen molar-refractivity contribution >= 4 is 23.2 Å². The molecular weight excluding hydrogens is 294 g/mol. The Morgan fingerprint density at radius 2 is 2.24 bits per heavy atom. The van der Waals surface area contributed by atoms with Crippen molar-refractivity contribution in [2.45, 2.75) is 31.8 Å². The number of nitro benzene ring substituents is 1. The number of benzene rings is 1. The van der Waals surface area contributed by atoms with Crippen LogP contribution >= 0.6 is 11.6 Å². The van der Waals surface area contributed by atoms with Crippen LogP contribution < -0.4 is 5.32 Å². The second-order valence-corrected chi connectivity index (χ2v) is 5.78. The molecule has 1 aromatic carbocycles. The highest BCUT2D eigenvalue weighted by Gasteiger charge is 2.29. The molecule has 0 heterocycles. The molecule has 1 atom stereocenters. The van der Waals surface area contributed by atoms with Gasteiger partial charge < -0.3 is 5.32 Å². The normalized spacial score (nSPS) is 15.8. The molecule has 0 aromatic heterocycles. The molecule has 6 nitrogen and oxygen atoms in total. The molecule has 1 unspecified atom stereocenters. The van der Waals surface area contributed by atoms with E-state index in [1.807, 2.05) is 14.0 Å². The summed E-state index contributed by atoms with van der Waals surface area (Å²) in [6, 6.07) is 4.67. The van der Waals surface area contributed by atoms with Crippen molar-refractivity contribution < 1.29 is 9.72 Å². The van der Waals surface area contributed by atoms with Crippen LogP contribution in [0.4, 0.5) is 5.69 Å². The number of halogens is 1. The molecule has 21 heavy (non-hydrogen) atoms. The molecular formula is C14H18ClN3O3. The third kappa shape index (κ3) is 3.92. The number of carbonyl (C=O) groups is 1. The third-order valence-corrected chi connectivity index (χ3v) is 4.11. The molecule has 0 spiro atoms. The lowest BCUT2D eigenvalue weighted by molar-refractivity contribution is -0.384. The molecule has 2 rings (SSSR count). The van der Waals surface area contributed by atoms with Gasteiger partial charge in [0.25, 0.3) is 11.6 Å². The summed E-state index contributed by atoms with van der Waals surface area (Å²) in [6.45, 7) is 2.51. The smallest absolute Gasteiger partial charge is 0.270 e. The maximum Gasteiger partial charge on any atom is 0.270 e. The molecule has 1 fully saturated rings. The van der Waals surface area contributed by atoms with Crippen molar-refractivity contribution in [1.29, 1.82) is 0 Å². The number of amides is 1. The summed E-state index contributed by atoms with van der Waals surface area (Å²) in [6.07, 6.45) is 2.40. The van der Waals surface area contributed by atoms with E-state index in [0.717, 1.165) is 0 Å². The van der Waals surface area contributed by atoms with Crippen LogP contribution in [-0.4, -0.2) is 41.4 Å². The fourth-order valence-electron chi connectivity index (χ4n) is 2.12. The summed E-state index contributed by atoms with van der Waals surface area (Å²) in [5, 5.41) is 13.7. The van der Waals surface area contributed by atoms with Crippen molar-refractivity contribution in [2.24, 2.45) is 0 Å². The minimum atomic E-state index is -0.545. The van der Waals surface area contributed by atoms with Crippen LogP contribution in [0.25, 0.3) is 0 Å². The zero-order valence-electron chi connectivity index (χ0n) is 12.0. The number of likely N-dealkylation sites (N-methyl/N-ethyl adjacent to an activating group) is 1. The van der Waals surface area contributed by atoms with Gasteiger partial charge in [-0.2, -0.15) is 0 Å². The Kier molecular flexibility index (Phi) is 4.80. The van der Waals surface area contributed by atoms with Gasteiger partial charge in [-0.3, -0.25) is 19.8 Å². The van der Waals surface area contributed by atoms with Gasteiger partial charge in [-0.15, -0.1) is 0 Å². The molecule has 1 aromatic rings. The highest BCUT2D eigenvalue weighted by molar-refractivity contribution is 6.33. The quantitative estimate of drug-likeness (QED) is 0.647. The molecule has 0 aliphatic heterocycles. The molecule has 1 saturated carbocycles. The highest BCUT2D eigenvalue weighted by atomic mass is 35.5. The molecule has 114 valence electrons. The fourth-order valence-corrected chi connectivity index (χ4v) is 2.33. The van der Waals surface area contributed by atoms with E-state index in [-0.39, 0.29) is 28.2 Å². The van der Waals surface area contributed by atoms with Crippen molar-refractivity contribution in [3.8, 4) is 0 Å². The summed E-state index contributed by atoms with van der Waals surface area (Å²) in [4.78, 5) is 24.6. The van der Waals surface area contributed by atoms with E-state index in [0.29, 0.717) is 12.6 Å². The van der Waals surface area contributed by atoms with Gasteiger partial charge in [-0.05, 0) is 32.9 Å². The van der Waals surface area contributed by atoms with Gasteiger partial charge in [-0.1, -0.05) is 11.6 Å².